The van der Waals surface area contributed by atoms with Crippen LogP contribution in [0.25, 0.3) is 5.65 Å². The van der Waals surface area contributed by atoms with Crippen molar-refractivity contribution in [3.63, 3.8) is 0 Å². The van der Waals surface area contributed by atoms with E-state index in [1.54, 1.807) is 16.9 Å². The molecule has 118 valence electrons. The van der Waals surface area contributed by atoms with E-state index in [0.29, 0.717) is 13.2 Å². The molecule has 7 heteroatoms. The van der Waals surface area contributed by atoms with Crippen molar-refractivity contribution in [3.8, 4) is 0 Å². The Morgan fingerprint density at radius 3 is 3.32 bits per heavy atom. The zero-order chi connectivity index (χ0) is 15.2. The second-order valence-electron chi connectivity index (χ2n) is 5.34. The van der Waals surface area contributed by atoms with Crippen LogP contribution in [0.2, 0.25) is 0 Å². The molecule has 0 aliphatic carbocycles. The molecule has 1 N–H and O–H groups in total. The maximum absolute atomic E-state index is 11.8. The Morgan fingerprint density at radius 2 is 2.45 bits per heavy atom. The molecule has 1 fully saturated rings. The Kier molecular flexibility index (Phi) is 4.97. The highest BCUT2D eigenvalue weighted by Crippen LogP contribution is 2.12. The highest BCUT2D eigenvalue weighted by molar-refractivity contribution is 5.77. The summed E-state index contributed by atoms with van der Waals surface area (Å²) in [6.45, 7) is 1.71. The van der Waals surface area contributed by atoms with Gasteiger partial charge in [0.05, 0.1) is 18.9 Å². The fourth-order valence-corrected chi connectivity index (χ4v) is 2.47. The number of hydrogen-bond donors (Lipinski definition) is 1. The molecule has 1 aliphatic rings. The molecule has 0 saturated carbocycles. The van der Waals surface area contributed by atoms with Gasteiger partial charge in [-0.1, -0.05) is 0 Å². The van der Waals surface area contributed by atoms with Gasteiger partial charge in [-0.3, -0.25) is 4.79 Å². The van der Waals surface area contributed by atoms with E-state index < -0.39 is 0 Å². The molecule has 7 nitrogen and oxygen atoms in total. The lowest BCUT2D eigenvalue weighted by Gasteiger charge is -2.22. The first-order valence-electron chi connectivity index (χ1n) is 7.56. The molecular formula is C15H20N4O3. The van der Waals surface area contributed by atoms with Gasteiger partial charge in [-0.25, -0.2) is 9.50 Å². The predicted molar refractivity (Wildman–Crippen MR) is 79.2 cm³/mol. The van der Waals surface area contributed by atoms with Crippen molar-refractivity contribution in [1.82, 2.24) is 19.9 Å². The van der Waals surface area contributed by atoms with Crippen LogP contribution in [-0.2, 0) is 20.8 Å². The zero-order valence-corrected chi connectivity index (χ0v) is 12.4. The van der Waals surface area contributed by atoms with E-state index in [2.05, 4.69) is 15.4 Å². The number of fused-ring (bicyclic) bond motifs is 1. The molecule has 1 amide bonds. The van der Waals surface area contributed by atoms with E-state index in [0.717, 1.165) is 30.7 Å². The Labute approximate surface area is 128 Å². The highest BCUT2D eigenvalue weighted by Gasteiger charge is 2.14. The minimum Gasteiger partial charge on any atom is -0.376 e. The number of carbonyl (C=O) groups excluding carboxylic acids is 1. The molecule has 1 saturated heterocycles. The van der Waals surface area contributed by atoms with Crippen molar-refractivity contribution in [2.24, 2.45) is 0 Å². The summed E-state index contributed by atoms with van der Waals surface area (Å²) in [6.07, 6.45) is 8.66. The normalized spacial score (nSPS) is 18.5. The van der Waals surface area contributed by atoms with Gasteiger partial charge < -0.3 is 14.8 Å². The molecule has 0 bridgehead atoms. The number of nitrogens with one attached hydrogen (secondary N) is 1. The number of amides is 1. The summed E-state index contributed by atoms with van der Waals surface area (Å²) in [4.78, 5) is 16.0. The number of hydrogen-bond acceptors (Lipinski definition) is 5. The van der Waals surface area contributed by atoms with Crippen LogP contribution in [-0.4, -0.2) is 46.4 Å². The molecule has 0 spiro atoms. The second kappa shape index (κ2) is 7.33. The van der Waals surface area contributed by atoms with E-state index in [1.165, 1.54) is 6.42 Å². The Morgan fingerprint density at radius 1 is 1.50 bits per heavy atom. The summed E-state index contributed by atoms with van der Waals surface area (Å²) < 4.78 is 12.6. The van der Waals surface area contributed by atoms with Crippen molar-refractivity contribution >= 4 is 11.6 Å². The van der Waals surface area contributed by atoms with Crippen LogP contribution in [0, 0.1) is 0 Å². The molecule has 0 unspecified atom stereocenters. The zero-order valence-electron chi connectivity index (χ0n) is 12.4. The molecule has 0 aromatic carbocycles. The lowest BCUT2D eigenvalue weighted by atomic mass is 10.1. The second-order valence-corrected chi connectivity index (χ2v) is 5.34. The molecule has 2 aromatic heterocycles. The minimum absolute atomic E-state index is 0.0481. The first-order valence-corrected chi connectivity index (χ1v) is 7.56. The number of nitrogens with zero attached hydrogens (tertiary/aromatic N) is 3. The van der Waals surface area contributed by atoms with Crippen molar-refractivity contribution in [2.45, 2.75) is 31.9 Å². The van der Waals surface area contributed by atoms with E-state index in [1.807, 2.05) is 12.3 Å². The smallest absolute Gasteiger partial charge is 0.246 e. The Hall–Kier alpha value is -1.99. The van der Waals surface area contributed by atoms with Crippen LogP contribution in [0.4, 0.5) is 0 Å². The van der Waals surface area contributed by atoms with Gasteiger partial charge in [0.2, 0.25) is 5.91 Å². The lowest BCUT2D eigenvalue weighted by Crippen LogP contribution is -2.30. The number of ether oxygens (including phenoxy) is 2. The van der Waals surface area contributed by atoms with Crippen LogP contribution in [0.3, 0.4) is 0 Å². The van der Waals surface area contributed by atoms with Gasteiger partial charge >= 0.3 is 0 Å². The summed E-state index contributed by atoms with van der Waals surface area (Å²) in [5.74, 6) is -0.147. The Balaban J connectivity index is 1.40. The van der Waals surface area contributed by atoms with Crippen LogP contribution >= 0.6 is 0 Å². The van der Waals surface area contributed by atoms with Crippen molar-refractivity contribution in [3.05, 3.63) is 30.2 Å². The van der Waals surface area contributed by atoms with Crippen molar-refractivity contribution in [1.29, 1.82) is 0 Å². The molecular weight excluding hydrogens is 284 g/mol. The van der Waals surface area contributed by atoms with Crippen LogP contribution in [0.15, 0.2) is 24.7 Å². The molecule has 1 atom stereocenters. The van der Waals surface area contributed by atoms with Crippen molar-refractivity contribution < 1.29 is 14.3 Å². The molecule has 3 rings (SSSR count). The average Bonchev–Trinajstić information content (AvgIpc) is 2.97. The van der Waals surface area contributed by atoms with Crippen molar-refractivity contribution in [2.75, 3.05) is 19.8 Å². The maximum Gasteiger partial charge on any atom is 0.246 e. The van der Waals surface area contributed by atoms with Gasteiger partial charge in [-0.2, -0.15) is 5.10 Å². The van der Waals surface area contributed by atoms with Gasteiger partial charge in [0.15, 0.2) is 5.65 Å². The monoisotopic (exact) mass is 304 g/mol. The summed E-state index contributed by atoms with van der Waals surface area (Å²) >= 11 is 0. The molecule has 3 heterocycles. The predicted octanol–water partition coefficient (Wildman–Crippen LogP) is 0.931. The van der Waals surface area contributed by atoms with Gasteiger partial charge in [0.25, 0.3) is 0 Å². The van der Waals surface area contributed by atoms with Gasteiger partial charge in [-0.15, -0.1) is 0 Å². The summed E-state index contributed by atoms with van der Waals surface area (Å²) in [6, 6.07) is 1.81. The van der Waals surface area contributed by atoms with E-state index in [9.17, 15) is 4.79 Å². The van der Waals surface area contributed by atoms with E-state index in [-0.39, 0.29) is 18.6 Å². The van der Waals surface area contributed by atoms with Gasteiger partial charge in [-0.05, 0) is 25.3 Å². The third kappa shape index (κ3) is 3.80. The average molecular weight is 304 g/mol. The number of rotatable bonds is 6. The quantitative estimate of drug-likeness (QED) is 0.859. The third-order valence-electron chi connectivity index (χ3n) is 3.64. The lowest BCUT2D eigenvalue weighted by molar-refractivity contribution is -0.128. The minimum atomic E-state index is -0.147. The largest absolute Gasteiger partial charge is 0.376 e. The Bertz CT molecular complexity index is 622. The standard InChI is InChI=1S/C15H20N4O3/c20-14(11-21-10-13-4-1-2-7-22-13)17-8-12-9-18-19-6-3-5-16-15(12)19/h3,5-6,9,13H,1-2,4,7-8,10-11H2,(H,17,20)/t13-/m1/s1. The highest BCUT2D eigenvalue weighted by atomic mass is 16.5. The molecule has 2 aromatic rings. The SMILES string of the molecule is O=C(COC[C@H]1CCCCO1)NCc1cnn2cccnc12. The number of aromatic nitrogens is 3. The summed E-state index contributed by atoms with van der Waals surface area (Å²) in [5.41, 5.74) is 1.63. The summed E-state index contributed by atoms with van der Waals surface area (Å²) in [5, 5.41) is 6.99. The first kappa shape index (κ1) is 14.9. The topological polar surface area (TPSA) is 77.8 Å². The van der Waals surface area contributed by atoms with E-state index in [4.69, 9.17) is 9.47 Å². The fraction of sp³-hybridized carbons (Fsp3) is 0.533. The van der Waals surface area contributed by atoms with Gasteiger partial charge in [0, 0.05) is 31.1 Å². The molecule has 1 aliphatic heterocycles. The molecule has 22 heavy (non-hydrogen) atoms. The van der Waals surface area contributed by atoms with Gasteiger partial charge in [0.1, 0.15) is 6.61 Å². The maximum atomic E-state index is 11.8. The van der Waals surface area contributed by atoms with Crippen LogP contribution in [0.1, 0.15) is 24.8 Å². The molecule has 0 radical (unpaired) electrons. The van der Waals surface area contributed by atoms with Crippen LogP contribution < -0.4 is 5.32 Å². The fourth-order valence-electron chi connectivity index (χ4n) is 2.47. The summed E-state index contributed by atoms with van der Waals surface area (Å²) in [7, 11) is 0. The van der Waals surface area contributed by atoms with E-state index >= 15 is 0 Å². The number of carbonyl (C=O) groups is 1. The van der Waals surface area contributed by atoms with Crippen LogP contribution in [0.5, 0.6) is 0 Å². The third-order valence-corrected chi connectivity index (χ3v) is 3.64. The first-order chi connectivity index (χ1) is 10.8.